The topological polar surface area (TPSA) is 95.7 Å². The fourth-order valence-corrected chi connectivity index (χ4v) is 4.38. The Morgan fingerprint density at radius 1 is 1.23 bits per heavy atom. The highest BCUT2D eigenvalue weighted by atomic mass is 35.5. The molecule has 8 heteroatoms. The van der Waals surface area contributed by atoms with Gasteiger partial charge in [0.15, 0.2) is 0 Å². The van der Waals surface area contributed by atoms with Crippen molar-refractivity contribution in [2.24, 2.45) is 17.1 Å². The number of carbonyl (C=O) groups excluding carboxylic acids is 3. The van der Waals surface area contributed by atoms with Gasteiger partial charge >= 0.3 is 6.03 Å². The molecule has 2 aliphatic heterocycles. The van der Waals surface area contributed by atoms with Crippen LogP contribution >= 0.6 is 12.4 Å². The molecule has 26 heavy (non-hydrogen) atoms. The summed E-state index contributed by atoms with van der Waals surface area (Å²) in [6.07, 6.45) is 3.90. The van der Waals surface area contributed by atoms with Crippen molar-refractivity contribution in [1.29, 1.82) is 0 Å². The Morgan fingerprint density at radius 3 is 2.35 bits per heavy atom. The van der Waals surface area contributed by atoms with Gasteiger partial charge < -0.3 is 16.0 Å². The van der Waals surface area contributed by atoms with Gasteiger partial charge in [0, 0.05) is 19.1 Å². The number of nitrogens with two attached hydrogens (primary N) is 1. The summed E-state index contributed by atoms with van der Waals surface area (Å²) < 4.78 is 0. The molecule has 7 nitrogen and oxygen atoms in total. The van der Waals surface area contributed by atoms with Crippen LogP contribution in [-0.2, 0) is 9.59 Å². The summed E-state index contributed by atoms with van der Waals surface area (Å²) in [5.41, 5.74) is 5.23. The second-order valence-corrected chi connectivity index (χ2v) is 8.93. The molecule has 1 atom stereocenters. The van der Waals surface area contributed by atoms with E-state index in [-0.39, 0.29) is 42.2 Å². The monoisotopic (exact) mass is 386 g/mol. The summed E-state index contributed by atoms with van der Waals surface area (Å²) >= 11 is 0. The van der Waals surface area contributed by atoms with Crippen LogP contribution in [0, 0.1) is 11.3 Å². The fourth-order valence-electron chi connectivity index (χ4n) is 4.38. The minimum atomic E-state index is -0.805. The summed E-state index contributed by atoms with van der Waals surface area (Å²) in [5.74, 6) is 0.114. The Hall–Kier alpha value is -1.34. The van der Waals surface area contributed by atoms with E-state index in [1.807, 2.05) is 0 Å². The van der Waals surface area contributed by atoms with Crippen LogP contribution in [0.15, 0.2) is 0 Å². The van der Waals surface area contributed by atoms with Gasteiger partial charge in [-0.1, -0.05) is 20.8 Å². The van der Waals surface area contributed by atoms with E-state index in [1.165, 1.54) is 0 Å². The van der Waals surface area contributed by atoms with Gasteiger partial charge in [0.05, 0.1) is 0 Å². The second kappa shape index (κ2) is 7.35. The van der Waals surface area contributed by atoms with Gasteiger partial charge in [0.1, 0.15) is 12.1 Å². The smallest absolute Gasteiger partial charge is 0.325 e. The third-order valence-electron chi connectivity index (χ3n) is 6.18. The lowest BCUT2D eigenvalue weighted by Gasteiger charge is -2.40. The van der Waals surface area contributed by atoms with Crippen LogP contribution < -0.4 is 11.1 Å². The molecule has 3 rings (SSSR count). The Kier molecular flexibility index (Phi) is 5.93. The lowest BCUT2D eigenvalue weighted by atomic mass is 9.67. The third-order valence-corrected chi connectivity index (χ3v) is 6.18. The molecule has 0 aromatic rings. The van der Waals surface area contributed by atoms with E-state index in [4.69, 9.17) is 5.73 Å². The van der Waals surface area contributed by atoms with Crippen LogP contribution in [-0.4, -0.2) is 58.9 Å². The summed E-state index contributed by atoms with van der Waals surface area (Å²) in [7, 11) is 0. The number of likely N-dealkylation sites (tertiary alicyclic amines) is 1. The number of nitrogens with one attached hydrogen (secondary N) is 1. The van der Waals surface area contributed by atoms with Gasteiger partial charge in [-0.15, -0.1) is 12.4 Å². The molecule has 2 saturated heterocycles. The van der Waals surface area contributed by atoms with Gasteiger partial charge in [-0.05, 0) is 43.4 Å². The van der Waals surface area contributed by atoms with Gasteiger partial charge in [0.25, 0.3) is 5.91 Å². The molecular weight excluding hydrogens is 356 g/mol. The Morgan fingerprint density at radius 2 is 1.85 bits per heavy atom. The number of halogens is 1. The molecule has 1 aliphatic carbocycles. The van der Waals surface area contributed by atoms with Crippen LogP contribution in [0.2, 0.25) is 0 Å². The van der Waals surface area contributed by atoms with Gasteiger partial charge in [-0.3, -0.25) is 14.5 Å². The molecule has 1 spiro atoms. The van der Waals surface area contributed by atoms with E-state index in [9.17, 15) is 14.4 Å². The summed E-state index contributed by atoms with van der Waals surface area (Å²) in [6, 6.07) is -0.442. The maximum atomic E-state index is 12.9. The van der Waals surface area contributed by atoms with E-state index in [1.54, 1.807) is 4.90 Å². The highest BCUT2D eigenvalue weighted by Crippen LogP contribution is 2.43. The summed E-state index contributed by atoms with van der Waals surface area (Å²) in [5, 5.41) is 2.89. The van der Waals surface area contributed by atoms with Gasteiger partial charge in [-0.2, -0.15) is 0 Å². The van der Waals surface area contributed by atoms with E-state index >= 15 is 0 Å². The van der Waals surface area contributed by atoms with E-state index in [2.05, 4.69) is 26.1 Å². The zero-order valence-corrected chi connectivity index (χ0v) is 16.7. The first-order valence-electron chi connectivity index (χ1n) is 9.30. The Labute approximate surface area is 161 Å². The molecule has 0 aromatic carbocycles. The lowest BCUT2D eigenvalue weighted by molar-refractivity contribution is -0.139. The number of hydrogen-bond donors (Lipinski definition) is 2. The van der Waals surface area contributed by atoms with Gasteiger partial charge in [-0.25, -0.2) is 4.79 Å². The molecule has 2 heterocycles. The molecule has 148 valence electrons. The summed E-state index contributed by atoms with van der Waals surface area (Å²) in [4.78, 5) is 40.4. The number of rotatable bonds is 2. The van der Waals surface area contributed by atoms with Crippen LogP contribution in [0.4, 0.5) is 4.79 Å². The van der Waals surface area contributed by atoms with E-state index < -0.39 is 11.6 Å². The van der Waals surface area contributed by atoms with Crippen molar-refractivity contribution >= 4 is 30.3 Å². The zero-order valence-electron chi connectivity index (χ0n) is 15.9. The number of nitrogens with zero attached hydrogens (tertiary/aromatic N) is 2. The molecule has 3 aliphatic rings. The van der Waals surface area contributed by atoms with E-state index in [0.717, 1.165) is 24.2 Å². The molecule has 3 fully saturated rings. The predicted molar refractivity (Wildman–Crippen MR) is 101 cm³/mol. The quantitative estimate of drug-likeness (QED) is 0.703. The number of amides is 4. The molecule has 0 radical (unpaired) electrons. The molecule has 3 N–H and O–H groups in total. The second-order valence-electron chi connectivity index (χ2n) is 8.93. The van der Waals surface area contributed by atoms with E-state index in [0.29, 0.717) is 31.8 Å². The third kappa shape index (κ3) is 3.83. The molecule has 1 saturated carbocycles. The Bertz CT molecular complexity index is 581. The SMILES string of the molecule is CC(C)(C)C1CCC2(CC1)NC(=O)N(CC(=O)N1CC[C@@H](N)C1)C2=O.Cl. The zero-order chi connectivity index (χ0) is 18.4. The summed E-state index contributed by atoms with van der Waals surface area (Å²) in [6.45, 7) is 7.58. The van der Waals surface area contributed by atoms with Crippen molar-refractivity contribution in [3.05, 3.63) is 0 Å². The average molecular weight is 387 g/mol. The minimum absolute atomic E-state index is 0. The first-order chi connectivity index (χ1) is 11.6. The number of carbonyl (C=O) groups is 3. The highest BCUT2D eigenvalue weighted by molar-refractivity contribution is 6.09. The normalized spacial score (nSPS) is 32.0. The van der Waals surface area contributed by atoms with Crippen molar-refractivity contribution in [2.45, 2.75) is 64.5 Å². The first kappa shape index (κ1) is 21.0. The maximum Gasteiger partial charge on any atom is 0.325 e. The maximum absolute atomic E-state index is 12.9. The van der Waals surface area contributed by atoms with Crippen molar-refractivity contribution in [2.75, 3.05) is 19.6 Å². The average Bonchev–Trinajstić information content (AvgIpc) is 3.05. The molecule has 0 unspecified atom stereocenters. The molecule has 0 bridgehead atoms. The standard InChI is InChI=1S/C18H30N4O3.ClH/c1-17(2,3)12-4-7-18(8-5-12)15(24)22(16(25)20-18)11-14(23)21-9-6-13(19)10-21;/h12-13H,4-11,19H2,1-3H3,(H,20,25);1H/t12?,13-,18?;/m1./s1. The van der Waals surface area contributed by atoms with Crippen LogP contribution in [0.25, 0.3) is 0 Å². The van der Waals surface area contributed by atoms with Crippen LogP contribution in [0.5, 0.6) is 0 Å². The lowest BCUT2D eigenvalue weighted by Crippen LogP contribution is -2.51. The first-order valence-corrected chi connectivity index (χ1v) is 9.30. The fraction of sp³-hybridized carbons (Fsp3) is 0.833. The van der Waals surface area contributed by atoms with Crippen molar-refractivity contribution in [3.8, 4) is 0 Å². The highest BCUT2D eigenvalue weighted by Gasteiger charge is 2.53. The predicted octanol–water partition coefficient (Wildman–Crippen LogP) is 1.49. The number of imide groups is 1. The molecular formula is C18H31ClN4O3. The van der Waals surface area contributed by atoms with Crippen molar-refractivity contribution < 1.29 is 14.4 Å². The van der Waals surface area contributed by atoms with Crippen molar-refractivity contribution in [1.82, 2.24) is 15.1 Å². The molecule has 4 amide bonds. The number of hydrogen-bond acceptors (Lipinski definition) is 4. The van der Waals surface area contributed by atoms with Crippen LogP contribution in [0.3, 0.4) is 0 Å². The van der Waals surface area contributed by atoms with Crippen molar-refractivity contribution in [3.63, 3.8) is 0 Å². The Balaban J connectivity index is 0.00000243. The molecule has 0 aromatic heterocycles. The van der Waals surface area contributed by atoms with Crippen LogP contribution in [0.1, 0.15) is 52.9 Å². The largest absolute Gasteiger partial charge is 0.340 e. The minimum Gasteiger partial charge on any atom is -0.340 e. The van der Waals surface area contributed by atoms with Gasteiger partial charge in [0.2, 0.25) is 5.91 Å². The number of urea groups is 1.